The van der Waals surface area contributed by atoms with Crippen LogP contribution in [-0.2, 0) is 6.54 Å². The van der Waals surface area contributed by atoms with E-state index in [-0.39, 0.29) is 0 Å². The molecule has 0 saturated heterocycles. The Hall–Kier alpha value is -0.710. The second-order valence-electron chi connectivity index (χ2n) is 4.59. The van der Waals surface area contributed by atoms with Gasteiger partial charge in [-0.25, -0.2) is 0 Å². The lowest BCUT2D eigenvalue weighted by Crippen LogP contribution is -2.24. The van der Waals surface area contributed by atoms with Crippen molar-refractivity contribution in [2.45, 2.75) is 26.4 Å². The summed E-state index contributed by atoms with van der Waals surface area (Å²) in [6, 6.07) is 8.77. The molecule has 0 amide bonds. The number of nitrogens with zero attached hydrogens (tertiary/aromatic N) is 1. The number of aromatic nitrogens is 1. The Morgan fingerprint density at radius 2 is 2.17 bits per heavy atom. The second-order valence-corrected chi connectivity index (χ2v) is 6.48. The number of pyridine rings is 1. The second kappa shape index (κ2) is 6.45. The quantitative estimate of drug-likeness (QED) is 0.882. The van der Waals surface area contributed by atoms with Crippen molar-refractivity contribution in [3.05, 3.63) is 50.9 Å². The fourth-order valence-electron chi connectivity index (χ4n) is 1.86. The summed E-state index contributed by atoms with van der Waals surface area (Å²) in [5.41, 5.74) is 1.07. The van der Waals surface area contributed by atoms with Gasteiger partial charge in [-0.3, -0.25) is 4.98 Å². The highest BCUT2D eigenvalue weighted by Crippen LogP contribution is 2.26. The number of hydrogen-bond donors (Lipinski definition) is 1. The van der Waals surface area contributed by atoms with Crippen LogP contribution in [0.2, 0.25) is 0 Å². The average Bonchev–Trinajstić information content (AvgIpc) is 2.85. The van der Waals surface area contributed by atoms with Gasteiger partial charge in [0.25, 0.3) is 0 Å². The predicted octanol–water partition coefficient (Wildman–Crippen LogP) is 4.39. The molecule has 0 fully saturated rings. The lowest BCUT2D eigenvalue weighted by Gasteiger charge is -2.21. The molecular formula is C14H17BrN2S. The normalized spacial score (nSPS) is 12.9. The molecule has 0 radical (unpaired) electrons. The van der Waals surface area contributed by atoms with E-state index in [1.165, 1.54) is 4.88 Å². The summed E-state index contributed by atoms with van der Waals surface area (Å²) in [6.07, 6.45) is 1.84. The molecule has 2 nitrogen and oxygen atoms in total. The first kappa shape index (κ1) is 13.7. The molecule has 2 aromatic rings. The Bertz CT molecular complexity index is 465. The third-order valence-corrected chi connectivity index (χ3v) is 4.23. The van der Waals surface area contributed by atoms with E-state index in [9.17, 15) is 0 Å². The zero-order chi connectivity index (χ0) is 13.0. The minimum Gasteiger partial charge on any atom is -0.303 e. The summed E-state index contributed by atoms with van der Waals surface area (Å²) in [5.74, 6) is 0.569. The lowest BCUT2D eigenvalue weighted by molar-refractivity contribution is 0.414. The average molecular weight is 325 g/mol. The van der Waals surface area contributed by atoms with Crippen LogP contribution in [0.5, 0.6) is 0 Å². The molecule has 0 spiro atoms. The molecule has 2 rings (SSSR count). The molecule has 2 heterocycles. The Balaban J connectivity index is 2.00. The van der Waals surface area contributed by atoms with Crippen LogP contribution in [0.15, 0.2) is 40.3 Å². The molecule has 1 N–H and O–H groups in total. The fourth-order valence-corrected chi connectivity index (χ4v) is 3.07. The van der Waals surface area contributed by atoms with Crippen LogP contribution in [0.3, 0.4) is 0 Å². The first-order chi connectivity index (χ1) is 8.66. The first-order valence-corrected chi connectivity index (χ1v) is 7.71. The summed E-state index contributed by atoms with van der Waals surface area (Å²) in [4.78, 5) is 5.78. The third-order valence-electron chi connectivity index (χ3n) is 2.81. The van der Waals surface area contributed by atoms with Crippen LogP contribution < -0.4 is 5.32 Å². The number of nitrogens with one attached hydrogen (secondary N) is 1. The molecule has 0 aromatic carbocycles. The molecule has 2 aromatic heterocycles. The van der Waals surface area contributed by atoms with Crippen molar-refractivity contribution < 1.29 is 0 Å². The summed E-state index contributed by atoms with van der Waals surface area (Å²) in [6.45, 7) is 5.28. The van der Waals surface area contributed by atoms with Crippen molar-refractivity contribution in [2.24, 2.45) is 5.92 Å². The largest absolute Gasteiger partial charge is 0.303 e. The minimum atomic E-state index is 0.399. The van der Waals surface area contributed by atoms with Gasteiger partial charge in [0.05, 0.1) is 5.69 Å². The van der Waals surface area contributed by atoms with Gasteiger partial charge in [0, 0.05) is 28.1 Å². The van der Waals surface area contributed by atoms with Crippen molar-refractivity contribution in [3.63, 3.8) is 0 Å². The van der Waals surface area contributed by atoms with Crippen molar-refractivity contribution in [1.82, 2.24) is 10.3 Å². The van der Waals surface area contributed by atoms with Crippen LogP contribution in [0.4, 0.5) is 0 Å². The maximum atomic E-state index is 4.38. The van der Waals surface area contributed by atoms with Crippen molar-refractivity contribution in [1.29, 1.82) is 0 Å². The molecule has 96 valence electrons. The van der Waals surface area contributed by atoms with E-state index in [4.69, 9.17) is 0 Å². The lowest BCUT2D eigenvalue weighted by atomic mass is 10.0. The molecule has 0 bridgehead atoms. The van der Waals surface area contributed by atoms with E-state index in [2.05, 4.69) is 57.6 Å². The van der Waals surface area contributed by atoms with Gasteiger partial charge < -0.3 is 5.32 Å². The Kier molecular flexibility index (Phi) is 4.92. The highest BCUT2D eigenvalue weighted by atomic mass is 79.9. The molecule has 0 aliphatic carbocycles. The third kappa shape index (κ3) is 3.64. The maximum absolute atomic E-state index is 4.38. The van der Waals surface area contributed by atoms with E-state index in [1.807, 2.05) is 18.3 Å². The zero-order valence-corrected chi connectivity index (χ0v) is 13.0. The van der Waals surface area contributed by atoms with Crippen molar-refractivity contribution >= 4 is 27.3 Å². The monoisotopic (exact) mass is 324 g/mol. The summed E-state index contributed by atoms with van der Waals surface area (Å²) in [7, 11) is 0. The molecule has 0 saturated carbocycles. The van der Waals surface area contributed by atoms with Gasteiger partial charge in [-0.15, -0.1) is 11.3 Å². The van der Waals surface area contributed by atoms with Gasteiger partial charge >= 0.3 is 0 Å². The Morgan fingerprint density at radius 3 is 2.72 bits per heavy atom. The van der Waals surface area contributed by atoms with Gasteiger partial charge in [0.15, 0.2) is 0 Å². The molecule has 18 heavy (non-hydrogen) atoms. The summed E-state index contributed by atoms with van der Waals surface area (Å²) in [5, 5.41) is 5.72. The topological polar surface area (TPSA) is 24.9 Å². The van der Waals surface area contributed by atoms with Gasteiger partial charge in [-0.2, -0.15) is 0 Å². The number of rotatable bonds is 5. The zero-order valence-electron chi connectivity index (χ0n) is 10.6. The van der Waals surface area contributed by atoms with E-state index < -0.39 is 0 Å². The Labute approximate surface area is 121 Å². The van der Waals surface area contributed by atoms with Crippen LogP contribution >= 0.6 is 27.3 Å². The SMILES string of the molecule is CC(C)C(NCc1ccc(Br)cn1)c1cccs1. The smallest absolute Gasteiger partial charge is 0.0542 e. The van der Waals surface area contributed by atoms with Gasteiger partial charge in [-0.1, -0.05) is 19.9 Å². The Morgan fingerprint density at radius 1 is 1.33 bits per heavy atom. The summed E-state index contributed by atoms with van der Waals surface area (Å²) < 4.78 is 1.02. The molecular weight excluding hydrogens is 308 g/mol. The number of hydrogen-bond acceptors (Lipinski definition) is 3. The van der Waals surface area contributed by atoms with Gasteiger partial charge in [-0.05, 0) is 45.4 Å². The fraction of sp³-hybridized carbons (Fsp3) is 0.357. The maximum Gasteiger partial charge on any atom is 0.0542 e. The van der Waals surface area contributed by atoms with Gasteiger partial charge in [0.1, 0.15) is 0 Å². The number of halogens is 1. The molecule has 0 aliphatic rings. The predicted molar refractivity (Wildman–Crippen MR) is 80.7 cm³/mol. The molecule has 0 aliphatic heterocycles. The van der Waals surface area contributed by atoms with E-state index >= 15 is 0 Å². The molecule has 1 atom stereocenters. The van der Waals surface area contributed by atoms with Crippen LogP contribution in [-0.4, -0.2) is 4.98 Å². The van der Waals surface area contributed by atoms with Gasteiger partial charge in [0.2, 0.25) is 0 Å². The van der Waals surface area contributed by atoms with Crippen LogP contribution in [0.1, 0.15) is 30.5 Å². The van der Waals surface area contributed by atoms with Crippen molar-refractivity contribution in [2.75, 3.05) is 0 Å². The van der Waals surface area contributed by atoms with E-state index in [1.54, 1.807) is 11.3 Å². The van der Waals surface area contributed by atoms with Crippen LogP contribution in [0, 0.1) is 5.92 Å². The van der Waals surface area contributed by atoms with Crippen molar-refractivity contribution in [3.8, 4) is 0 Å². The van der Waals surface area contributed by atoms with Crippen LogP contribution in [0.25, 0.3) is 0 Å². The standard InChI is InChI=1S/C14H17BrN2S/c1-10(2)14(13-4-3-7-18-13)17-9-12-6-5-11(15)8-16-12/h3-8,10,14,17H,9H2,1-2H3. The molecule has 1 unspecified atom stereocenters. The van der Waals surface area contributed by atoms with E-state index in [0.717, 1.165) is 16.7 Å². The highest BCUT2D eigenvalue weighted by molar-refractivity contribution is 9.10. The highest BCUT2D eigenvalue weighted by Gasteiger charge is 2.16. The number of thiophene rings is 1. The summed E-state index contributed by atoms with van der Waals surface area (Å²) >= 11 is 5.21. The van der Waals surface area contributed by atoms with E-state index in [0.29, 0.717) is 12.0 Å². The first-order valence-electron chi connectivity index (χ1n) is 6.04. The minimum absolute atomic E-state index is 0.399. The molecule has 4 heteroatoms.